The van der Waals surface area contributed by atoms with Crippen LogP contribution in [0, 0.1) is 11.3 Å². The molecule has 114 valence electrons. The molecule has 0 spiro atoms. The average Bonchev–Trinajstić information content (AvgIpc) is 2.47. The van der Waals surface area contributed by atoms with E-state index in [0.29, 0.717) is 18.8 Å². The van der Waals surface area contributed by atoms with Crippen LogP contribution in [0.4, 0.5) is 5.69 Å². The molecule has 0 unspecified atom stereocenters. The number of piperidine rings is 1. The van der Waals surface area contributed by atoms with Crippen LogP contribution in [0.1, 0.15) is 24.8 Å². The monoisotopic (exact) mass is 308 g/mol. The second-order valence-electron chi connectivity index (χ2n) is 5.17. The minimum Gasteiger partial charge on any atom is -0.399 e. The molecule has 21 heavy (non-hydrogen) atoms. The summed E-state index contributed by atoms with van der Waals surface area (Å²) in [6, 6.07) is 6.11. The Bertz CT molecular complexity index is 631. The van der Waals surface area contributed by atoms with Crippen molar-refractivity contribution >= 4 is 15.7 Å². The van der Waals surface area contributed by atoms with Crippen molar-refractivity contribution in [3.8, 4) is 6.07 Å². The number of nitrogens with two attached hydrogens (primary N) is 1. The molecular weight excluding hydrogens is 288 g/mol. The van der Waals surface area contributed by atoms with Crippen molar-refractivity contribution in [1.82, 2.24) is 9.62 Å². The molecule has 0 atom stereocenters. The maximum Gasteiger partial charge on any atom is 0.241 e. The van der Waals surface area contributed by atoms with Crippen molar-refractivity contribution in [2.45, 2.75) is 24.2 Å². The normalized spacial score (nSPS) is 16.5. The maximum atomic E-state index is 12.2. The molecule has 6 nitrogen and oxygen atoms in total. The number of likely N-dealkylation sites (tertiary alicyclic amines) is 1. The van der Waals surface area contributed by atoms with E-state index in [1.54, 1.807) is 0 Å². The summed E-state index contributed by atoms with van der Waals surface area (Å²) in [4.78, 5) is 2.23. The molecule has 2 rings (SSSR count). The van der Waals surface area contributed by atoms with Crippen molar-refractivity contribution < 1.29 is 8.42 Å². The number of nitrogen functional groups attached to an aromatic ring is 1. The van der Waals surface area contributed by atoms with Gasteiger partial charge in [0.25, 0.3) is 0 Å². The molecule has 0 amide bonds. The molecule has 1 aliphatic heterocycles. The highest BCUT2D eigenvalue weighted by atomic mass is 32.2. The van der Waals surface area contributed by atoms with Crippen LogP contribution in [0.5, 0.6) is 0 Å². The van der Waals surface area contributed by atoms with E-state index in [0.717, 1.165) is 13.1 Å². The smallest absolute Gasteiger partial charge is 0.241 e. The largest absolute Gasteiger partial charge is 0.399 e. The molecule has 1 aromatic carbocycles. The van der Waals surface area contributed by atoms with Gasteiger partial charge in [0, 0.05) is 18.8 Å². The lowest BCUT2D eigenvalue weighted by atomic mass is 10.1. The molecule has 0 saturated carbocycles. The number of hydrogen-bond acceptors (Lipinski definition) is 5. The van der Waals surface area contributed by atoms with E-state index in [1.165, 1.54) is 37.5 Å². The molecule has 1 heterocycles. The van der Waals surface area contributed by atoms with E-state index in [2.05, 4.69) is 9.62 Å². The van der Waals surface area contributed by atoms with Gasteiger partial charge in [0.05, 0.1) is 10.5 Å². The molecule has 0 aliphatic carbocycles. The van der Waals surface area contributed by atoms with E-state index in [1.807, 2.05) is 6.07 Å². The quantitative estimate of drug-likeness (QED) is 0.788. The zero-order valence-electron chi connectivity index (χ0n) is 11.9. The van der Waals surface area contributed by atoms with E-state index >= 15 is 0 Å². The van der Waals surface area contributed by atoms with Crippen LogP contribution in [-0.2, 0) is 10.0 Å². The number of nitrogens with zero attached hydrogens (tertiary/aromatic N) is 2. The van der Waals surface area contributed by atoms with Crippen LogP contribution in [0.2, 0.25) is 0 Å². The fourth-order valence-corrected chi connectivity index (χ4v) is 3.62. The summed E-state index contributed by atoms with van der Waals surface area (Å²) in [5.74, 6) is 0. The van der Waals surface area contributed by atoms with Gasteiger partial charge >= 0.3 is 0 Å². The molecule has 1 aliphatic rings. The zero-order valence-corrected chi connectivity index (χ0v) is 12.7. The SMILES string of the molecule is N#Cc1cc(N)ccc1S(=O)(=O)NCCN1CCCCC1. The summed E-state index contributed by atoms with van der Waals surface area (Å²) in [7, 11) is -3.68. The van der Waals surface area contributed by atoms with Crippen LogP contribution in [0.3, 0.4) is 0 Å². The Balaban J connectivity index is 2.00. The van der Waals surface area contributed by atoms with Crippen molar-refractivity contribution in [2.75, 3.05) is 31.9 Å². The van der Waals surface area contributed by atoms with Crippen LogP contribution in [0.15, 0.2) is 23.1 Å². The second kappa shape index (κ2) is 6.89. The Hall–Kier alpha value is -1.62. The highest BCUT2D eigenvalue weighted by Crippen LogP contribution is 2.17. The Morgan fingerprint density at radius 1 is 1.29 bits per heavy atom. The number of hydrogen-bond donors (Lipinski definition) is 2. The number of sulfonamides is 1. The lowest BCUT2D eigenvalue weighted by Gasteiger charge is -2.26. The highest BCUT2D eigenvalue weighted by molar-refractivity contribution is 7.89. The van der Waals surface area contributed by atoms with Crippen molar-refractivity contribution in [1.29, 1.82) is 5.26 Å². The van der Waals surface area contributed by atoms with E-state index < -0.39 is 10.0 Å². The van der Waals surface area contributed by atoms with Gasteiger partial charge in [-0.15, -0.1) is 0 Å². The van der Waals surface area contributed by atoms with Gasteiger partial charge in [-0.1, -0.05) is 6.42 Å². The maximum absolute atomic E-state index is 12.2. The average molecular weight is 308 g/mol. The molecular formula is C14H20N4O2S. The number of rotatable bonds is 5. The Morgan fingerprint density at radius 2 is 2.00 bits per heavy atom. The summed E-state index contributed by atoms with van der Waals surface area (Å²) in [5.41, 5.74) is 6.01. The summed E-state index contributed by atoms with van der Waals surface area (Å²) in [6.45, 7) is 3.08. The fraction of sp³-hybridized carbons (Fsp3) is 0.500. The molecule has 1 saturated heterocycles. The van der Waals surface area contributed by atoms with Crippen LogP contribution in [0.25, 0.3) is 0 Å². The van der Waals surface area contributed by atoms with Crippen molar-refractivity contribution in [3.05, 3.63) is 23.8 Å². The first-order valence-electron chi connectivity index (χ1n) is 7.04. The number of anilines is 1. The molecule has 1 aromatic rings. The van der Waals surface area contributed by atoms with Gasteiger partial charge in [-0.05, 0) is 44.1 Å². The first-order valence-corrected chi connectivity index (χ1v) is 8.53. The van der Waals surface area contributed by atoms with Crippen LogP contribution in [-0.4, -0.2) is 39.5 Å². The third-order valence-electron chi connectivity index (χ3n) is 3.58. The fourth-order valence-electron chi connectivity index (χ4n) is 2.47. The first-order chi connectivity index (χ1) is 10.0. The van der Waals surface area contributed by atoms with Crippen molar-refractivity contribution in [2.24, 2.45) is 0 Å². The zero-order chi connectivity index (χ0) is 15.3. The van der Waals surface area contributed by atoms with Crippen LogP contribution < -0.4 is 10.5 Å². The molecule has 3 N–H and O–H groups in total. The third kappa shape index (κ3) is 4.17. The van der Waals surface area contributed by atoms with E-state index in [4.69, 9.17) is 11.0 Å². The molecule has 0 radical (unpaired) electrons. The molecule has 0 bridgehead atoms. The lowest BCUT2D eigenvalue weighted by Crippen LogP contribution is -2.37. The number of nitrogens with one attached hydrogen (secondary N) is 1. The summed E-state index contributed by atoms with van der Waals surface area (Å²) in [5, 5.41) is 9.03. The number of nitriles is 1. The summed E-state index contributed by atoms with van der Waals surface area (Å²) < 4.78 is 27.0. The minimum absolute atomic E-state index is 0.0159. The van der Waals surface area contributed by atoms with Crippen molar-refractivity contribution in [3.63, 3.8) is 0 Å². The molecule has 1 fully saturated rings. The lowest BCUT2D eigenvalue weighted by molar-refractivity contribution is 0.233. The third-order valence-corrected chi connectivity index (χ3v) is 5.10. The van der Waals surface area contributed by atoms with Crippen LogP contribution >= 0.6 is 0 Å². The van der Waals surface area contributed by atoms with Gasteiger partial charge in [-0.2, -0.15) is 5.26 Å². The van der Waals surface area contributed by atoms with E-state index in [9.17, 15) is 8.42 Å². The summed E-state index contributed by atoms with van der Waals surface area (Å²) >= 11 is 0. The predicted molar refractivity (Wildman–Crippen MR) is 81.0 cm³/mol. The van der Waals surface area contributed by atoms with Gasteiger partial charge in [0.15, 0.2) is 0 Å². The van der Waals surface area contributed by atoms with Gasteiger partial charge in [-0.3, -0.25) is 0 Å². The Morgan fingerprint density at radius 3 is 2.67 bits per heavy atom. The first kappa shape index (κ1) is 15.8. The van der Waals surface area contributed by atoms with Gasteiger partial charge in [0.2, 0.25) is 10.0 Å². The number of benzene rings is 1. The molecule has 7 heteroatoms. The minimum atomic E-state index is -3.68. The topological polar surface area (TPSA) is 99.2 Å². The second-order valence-corrected chi connectivity index (χ2v) is 6.90. The predicted octanol–water partition coefficient (Wildman–Crippen LogP) is 0.905. The Kier molecular flexibility index (Phi) is 5.17. The van der Waals surface area contributed by atoms with Gasteiger partial charge in [-0.25, -0.2) is 13.1 Å². The molecule has 0 aromatic heterocycles. The highest BCUT2D eigenvalue weighted by Gasteiger charge is 2.19. The Labute approximate surface area is 125 Å². The van der Waals surface area contributed by atoms with Gasteiger partial charge in [0.1, 0.15) is 6.07 Å². The van der Waals surface area contributed by atoms with E-state index in [-0.39, 0.29) is 10.5 Å². The van der Waals surface area contributed by atoms with Gasteiger partial charge < -0.3 is 10.6 Å². The summed E-state index contributed by atoms with van der Waals surface area (Å²) in [6.07, 6.45) is 3.59. The standard InChI is InChI=1S/C14H20N4O2S/c15-11-12-10-13(16)4-5-14(12)21(19,20)17-6-9-18-7-2-1-3-8-18/h4-5,10,17H,1-3,6-9,16H2.